The average Bonchev–Trinajstić information content (AvgIpc) is 2.38. The lowest BCUT2D eigenvalue weighted by atomic mass is 10.1. The maximum absolute atomic E-state index is 5.73. The molecule has 0 atom stereocenters. The summed E-state index contributed by atoms with van der Waals surface area (Å²) in [7, 11) is 0. The first-order valence-corrected chi connectivity index (χ1v) is 6.14. The molecule has 0 fully saturated rings. The molecule has 18 heavy (non-hydrogen) atoms. The smallest absolute Gasteiger partial charge is 0.119 e. The van der Waals surface area contributed by atoms with E-state index in [1.807, 2.05) is 37.3 Å². The van der Waals surface area contributed by atoms with Crippen LogP contribution in [0.15, 0.2) is 66.7 Å². The van der Waals surface area contributed by atoms with Crippen LogP contribution in [0.5, 0.6) is 5.75 Å². The Morgan fingerprint density at radius 2 is 1.61 bits per heavy atom. The molecule has 0 aliphatic carbocycles. The molecule has 1 heteroatoms. The van der Waals surface area contributed by atoms with Gasteiger partial charge in [-0.05, 0) is 36.6 Å². The summed E-state index contributed by atoms with van der Waals surface area (Å²) in [5.41, 5.74) is 3.63. The molecule has 0 aromatic heterocycles. The van der Waals surface area contributed by atoms with E-state index in [0.717, 1.165) is 12.2 Å². The highest BCUT2D eigenvalue weighted by atomic mass is 16.5. The second kappa shape index (κ2) is 6.06. The quantitative estimate of drug-likeness (QED) is 0.702. The van der Waals surface area contributed by atoms with Crippen LogP contribution in [-0.4, -0.2) is 0 Å². The normalized spacial score (nSPS) is 10.1. The summed E-state index contributed by atoms with van der Waals surface area (Å²) in [6, 6.07) is 18.4. The van der Waals surface area contributed by atoms with Crippen LogP contribution < -0.4 is 4.74 Å². The van der Waals surface area contributed by atoms with Crippen LogP contribution in [0.2, 0.25) is 0 Å². The summed E-state index contributed by atoms with van der Waals surface area (Å²) in [4.78, 5) is 0. The monoisotopic (exact) mass is 238 g/mol. The maximum atomic E-state index is 5.73. The predicted molar refractivity (Wildman–Crippen MR) is 75.7 cm³/mol. The van der Waals surface area contributed by atoms with Gasteiger partial charge in [0.25, 0.3) is 0 Å². The molecule has 0 heterocycles. The van der Waals surface area contributed by atoms with E-state index in [1.165, 1.54) is 16.7 Å². The minimum Gasteiger partial charge on any atom is -0.489 e. The molecule has 0 radical (unpaired) electrons. The van der Waals surface area contributed by atoms with E-state index in [2.05, 4.69) is 30.8 Å². The van der Waals surface area contributed by atoms with Crippen LogP contribution >= 0.6 is 0 Å². The van der Waals surface area contributed by atoms with Gasteiger partial charge in [0.15, 0.2) is 0 Å². The third-order valence-corrected chi connectivity index (χ3v) is 2.68. The second-order valence-electron chi connectivity index (χ2n) is 4.55. The molecule has 0 aliphatic rings. The second-order valence-corrected chi connectivity index (χ2v) is 4.55. The lowest BCUT2D eigenvalue weighted by molar-refractivity contribution is 0.306. The van der Waals surface area contributed by atoms with E-state index >= 15 is 0 Å². The number of hydrogen-bond donors (Lipinski definition) is 0. The molecule has 0 unspecified atom stereocenters. The average molecular weight is 238 g/mol. The van der Waals surface area contributed by atoms with Gasteiger partial charge in [0.1, 0.15) is 12.4 Å². The van der Waals surface area contributed by atoms with Crippen LogP contribution in [-0.2, 0) is 13.0 Å². The minimum absolute atomic E-state index is 0.612. The first kappa shape index (κ1) is 12.4. The van der Waals surface area contributed by atoms with Crippen molar-refractivity contribution < 1.29 is 4.74 Å². The van der Waals surface area contributed by atoms with Gasteiger partial charge in [-0.3, -0.25) is 0 Å². The molecule has 0 bridgehead atoms. The third kappa shape index (κ3) is 3.77. The summed E-state index contributed by atoms with van der Waals surface area (Å²) in [6.45, 7) is 6.57. The molecular weight excluding hydrogens is 220 g/mol. The Kier molecular flexibility index (Phi) is 4.19. The number of rotatable bonds is 5. The molecular formula is C17H18O. The van der Waals surface area contributed by atoms with Gasteiger partial charge in [-0.1, -0.05) is 54.6 Å². The summed E-state index contributed by atoms with van der Waals surface area (Å²) < 4.78 is 5.73. The maximum Gasteiger partial charge on any atom is 0.119 e. The van der Waals surface area contributed by atoms with Gasteiger partial charge >= 0.3 is 0 Å². The first-order chi connectivity index (χ1) is 8.74. The summed E-state index contributed by atoms with van der Waals surface area (Å²) in [5, 5.41) is 0. The lowest BCUT2D eigenvalue weighted by Crippen LogP contribution is -1.95. The van der Waals surface area contributed by atoms with Gasteiger partial charge in [-0.25, -0.2) is 0 Å². The number of hydrogen-bond acceptors (Lipinski definition) is 1. The van der Waals surface area contributed by atoms with Crippen molar-refractivity contribution in [1.82, 2.24) is 0 Å². The molecule has 2 aromatic carbocycles. The fourth-order valence-electron chi connectivity index (χ4n) is 1.79. The highest BCUT2D eigenvalue weighted by molar-refractivity contribution is 5.29. The minimum atomic E-state index is 0.612. The Labute approximate surface area is 109 Å². The molecule has 2 aromatic rings. The van der Waals surface area contributed by atoms with Crippen molar-refractivity contribution in [3.8, 4) is 5.75 Å². The van der Waals surface area contributed by atoms with E-state index in [-0.39, 0.29) is 0 Å². The molecule has 0 N–H and O–H groups in total. The third-order valence-electron chi connectivity index (χ3n) is 2.68. The van der Waals surface area contributed by atoms with Gasteiger partial charge < -0.3 is 4.74 Å². The standard InChI is InChI=1S/C17H18O/c1-14(2)12-15-8-10-17(11-9-15)18-13-16-6-4-3-5-7-16/h3-11H,1,12-13H2,2H3. The number of allylic oxidation sites excluding steroid dienone is 1. The number of benzene rings is 2. The van der Waals surface area contributed by atoms with Crippen molar-refractivity contribution in [3.63, 3.8) is 0 Å². The zero-order valence-corrected chi connectivity index (χ0v) is 10.7. The first-order valence-electron chi connectivity index (χ1n) is 6.14. The topological polar surface area (TPSA) is 9.23 Å². The van der Waals surface area contributed by atoms with Crippen LogP contribution in [0, 0.1) is 0 Å². The van der Waals surface area contributed by atoms with E-state index < -0.39 is 0 Å². The van der Waals surface area contributed by atoms with E-state index in [1.54, 1.807) is 0 Å². The molecule has 2 rings (SSSR count). The van der Waals surface area contributed by atoms with Crippen molar-refractivity contribution in [1.29, 1.82) is 0 Å². The predicted octanol–water partition coefficient (Wildman–Crippen LogP) is 4.38. The van der Waals surface area contributed by atoms with Crippen molar-refractivity contribution in [2.24, 2.45) is 0 Å². The van der Waals surface area contributed by atoms with Crippen LogP contribution in [0.3, 0.4) is 0 Å². The Morgan fingerprint density at radius 3 is 2.22 bits per heavy atom. The van der Waals surface area contributed by atoms with E-state index in [4.69, 9.17) is 4.74 Å². The SMILES string of the molecule is C=C(C)Cc1ccc(OCc2ccccc2)cc1. The molecule has 0 aliphatic heterocycles. The molecule has 0 saturated carbocycles. The van der Waals surface area contributed by atoms with E-state index in [9.17, 15) is 0 Å². The Morgan fingerprint density at radius 1 is 0.944 bits per heavy atom. The van der Waals surface area contributed by atoms with E-state index in [0.29, 0.717) is 6.61 Å². The van der Waals surface area contributed by atoms with Gasteiger partial charge in [-0.15, -0.1) is 0 Å². The Hall–Kier alpha value is -2.02. The molecule has 0 spiro atoms. The van der Waals surface area contributed by atoms with Crippen LogP contribution in [0.1, 0.15) is 18.1 Å². The fourth-order valence-corrected chi connectivity index (χ4v) is 1.79. The van der Waals surface area contributed by atoms with Gasteiger partial charge in [-0.2, -0.15) is 0 Å². The summed E-state index contributed by atoms with van der Waals surface area (Å²) in [6.07, 6.45) is 0.930. The fraction of sp³-hybridized carbons (Fsp3) is 0.176. The lowest BCUT2D eigenvalue weighted by Gasteiger charge is -2.07. The molecule has 0 amide bonds. The highest BCUT2D eigenvalue weighted by Gasteiger charge is 1.97. The van der Waals surface area contributed by atoms with Gasteiger partial charge in [0, 0.05) is 0 Å². The Balaban J connectivity index is 1.92. The summed E-state index contributed by atoms with van der Waals surface area (Å²) >= 11 is 0. The van der Waals surface area contributed by atoms with Crippen molar-refractivity contribution in [2.45, 2.75) is 20.0 Å². The zero-order valence-electron chi connectivity index (χ0n) is 10.7. The summed E-state index contributed by atoms with van der Waals surface area (Å²) in [5.74, 6) is 0.907. The number of ether oxygens (including phenoxy) is 1. The van der Waals surface area contributed by atoms with Crippen LogP contribution in [0.25, 0.3) is 0 Å². The largest absolute Gasteiger partial charge is 0.489 e. The highest BCUT2D eigenvalue weighted by Crippen LogP contribution is 2.15. The molecule has 0 saturated heterocycles. The van der Waals surface area contributed by atoms with Crippen LogP contribution in [0.4, 0.5) is 0 Å². The molecule has 1 nitrogen and oxygen atoms in total. The van der Waals surface area contributed by atoms with Gasteiger partial charge in [0.2, 0.25) is 0 Å². The van der Waals surface area contributed by atoms with Gasteiger partial charge in [0.05, 0.1) is 0 Å². The zero-order chi connectivity index (χ0) is 12.8. The van der Waals surface area contributed by atoms with Crippen molar-refractivity contribution in [3.05, 3.63) is 77.9 Å². The van der Waals surface area contributed by atoms with Crippen molar-refractivity contribution >= 4 is 0 Å². The Bertz CT molecular complexity index is 497. The van der Waals surface area contributed by atoms with Crippen molar-refractivity contribution in [2.75, 3.05) is 0 Å². The molecule has 92 valence electrons.